The molecule has 1 aromatic carbocycles. The van der Waals surface area contributed by atoms with Gasteiger partial charge in [0.1, 0.15) is 5.82 Å². The van der Waals surface area contributed by atoms with Crippen molar-refractivity contribution in [2.24, 2.45) is 0 Å². The molecule has 0 aliphatic heterocycles. The van der Waals surface area contributed by atoms with Crippen molar-refractivity contribution in [3.05, 3.63) is 63.6 Å². The number of rotatable bonds is 3. The van der Waals surface area contributed by atoms with Crippen LogP contribution in [0.2, 0.25) is 0 Å². The van der Waals surface area contributed by atoms with Gasteiger partial charge in [0.2, 0.25) is 0 Å². The van der Waals surface area contributed by atoms with Gasteiger partial charge in [-0.15, -0.1) is 0 Å². The predicted molar refractivity (Wildman–Crippen MR) is 65.7 cm³/mol. The highest BCUT2D eigenvalue weighted by Crippen LogP contribution is 2.13. The van der Waals surface area contributed by atoms with E-state index in [-0.39, 0.29) is 17.7 Å². The highest BCUT2D eigenvalue weighted by molar-refractivity contribution is 5.88. The summed E-state index contributed by atoms with van der Waals surface area (Å²) in [5.74, 6) is -2.17. The quantitative estimate of drug-likeness (QED) is 0.908. The molecule has 0 saturated carbocycles. The molecule has 1 N–H and O–H groups in total. The van der Waals surface area contributed by atoms with Crippen LogP contribution in [-0.4, -0.2) is 20.6 Å². The molecule has 2 rings (SSSR count). The van der Waals surface area contributed by atoms with Crippen molar-refractivity contribution in [2.75, 3.05) is 0 Å². The second-order valence-corrected chi connectivity index (χ2v) is 4.08. The number of carbonyl (C=O) groups is 1. The zero-order valence-corrected chi connectivity index (χ0v) is 10.1. The van der Waals surface area contributed by atoms with Gasteiger partial charge in [0, 0.05) is 17.3 Å². The third-order valence-corrected chi connectivity index (χ3v) is 2.67. The Balaban J connectivity index is 2.41. The molecule has 0 saturated heterocycles. The average Bonchev–Trinajstić information content (AvgIpc) is 2.34. The molecular formula is C13H11FN2O3. The maximum absolute atomic E-state index is 13.9. The molecule has 0 bridgehead atoms. The first-order valence-corrected chi connectivity index (χ1v) is 5.53. The molecule has 0 fully saturated rings. The van der Waals surface area contributed by atoms with Crippen molar-refractivity contribution in [1.29, 1.82) is 0 Å². The summed E-state index contributed by atoms with van der Waals surface area (Å²) in [6.07, 6.45) is 1.31. The van der Waals surface area contributed by atoms with E-state index < -0.39 is 17.3 Å². The van der Waals surface area contributed by atoms with Gasteiger partial charge in [-0.05, 0) is 13.0 Å². The van der Waals surface area contributed by atoms with Gasteiger partial charge < -0.3 is 5.11 Å². The normalized spacial score (nSPS) is 10.4. The summed E-state index contributed by atoms with van der Waals surface area (Å²) < 4.78 is 15.1. The third-order valence-electron chi connectivity index (χ3n) is 2.67. The Bertz CT molecular complexity index is 695. The van der Waals surface area contributed by atoms with E-state index in [9.17, 15) is 14.0 Å². The van der Waals surface area contributed by atoms with Crippen LogP contribution in [0.3, 0.4) is 0 Å². The zero-order chi connectivity index (χ0) is 14.0. The second kappa shape index (κ2) is 5.01. The molecule has 0 aliphatic carbocycles. The fourth-order valence-electron chi connectivity index (χ4n) is 1.69. The Labute approximate surface area is 108 Å². The van der Waals surface area contributed by atoms with Gasteiger partial charge >= 0.3 is 5.97 Å². The molecule has 0 atom stereocenters. The van der Waals surface area contributed by atoms with Gasteiger partial charge in [-0.3, -0.25) is 9.36 Å². The van der Waals surface area contributed by atoms with Crippen LogP contribution in [0.25, 0.3) is 0 Å². The lowest BCUT2D eigenvalue weighted by atomic mass is 10.1. The summed E-state index contributed by atoms with van der Waals surface area (Å²) in [5.41, 5.74) is -0.0214. The number of aromatic carboxylic acids is 1. The van der Waals surface area contributed by atoms with Crippen molar-refractivity contribution >= 4 is 5.97 Å². The molecule has 0 radical (unpaired) electrons. The minimum atomic E-state index is -1.34. The summed E-state index contributed by atoms with van der Waals surface area (Å²) in [4.78, 5) is 26.4. The van der Waals surface area contributed by atoms with Crippen molar-refractivity contribution in [2.45, 2.75) is 13.5 Å². The SMILES string of the molecule is Cc1cc(=O)n(Cc2cccc(C(=O)O)c2F)cn1. The van der Waals surface area contributed by atoms with E-state index in [4.69, 9.17) is 5.11 Å². The molecule has 19 heavy (non-hydrogen) atoms. The van der Waals surface area contributed by atoms with Crippen molar-refractivity contribution in [1.82, 2.24) is 9.55 Å². The summed E-state index contributed by atoms with van der Waals surface area (Å²) in [6.45, 7) is 1.62. The number of hydrogen-bond donors (Lipinski definition) is 1. The molecule has 0 aliphatic rings. The van der Waals surface area contributed by atoms with Crippen molar-refractivity contribution in [3.63, 3.8) is 0 Å². The van der Waals surface area contributed by atoms with E-state index in [1.807, 2.05) is 0 Å². The lowest BCUT2D eigenvalue weighted by Gasteiger charge is -2.08. The first-order chi connectivity index (χ1) is 8.99. The van der Waals surface area contributed by atoms with Crippen molar-refractivity contribution in [3.8, 4) is 0 Å². The predicted octanol–water partition coefficient (Wildman–Crippen LogP) is 1.44. The van der Waals surface area contributed by atoms with Gasteiger partial charge in [0.25, 0.3) is 5.56 Å². The Hall–Kier alpha value is -2.50. The van der Waals surface area contributed by atoms with Crippen LogP contribution < -0.4 is 5.56 Å². The second-order valence-electron chi connectivity index (χ2n) is 4.08. The largest absolute Gasteiger partial charge is 0.478 e. The Morgan fingerprint density at radius 3 is 2.84 bits per heavy atom. The monoisotopic (exact) mass is 262 g/mol. The van der Waals surface area contributed by atoms with Crippen LogP contribution in [-0.2, 0) is 6.54 Å². The van der Waals surface area contributed by atoms with E-state index in [2.05, 4.69) is 4.98 Å². The molecule has 2 aromatic rings. The third kappa shape index (κ3) is 2.67. The smallest absolute Gasteiger partial charge is 0.338 e. The minimum absolute atomic E-state index is 0.0565. The summed E-state index contributed by atoms with van der Waals surface area (Å²) in [7, 11) is 0. The summed E-state index contributed by atoms with van der Waals surface area (Å²) in [6, 6.07) is 5.39. The maximum atomic E-state index is 13.9. The Kier molecular flexibility index (Phi) is 3.41. The van der Waals surface area contributed by atoms with E-state index in [1.165, 1.54) is 35.2 Å². The highest BCUT2D eigenvalue weighted by atomic mass is 19.1. The van der Waals surface area contributed by atoms with Crippen LogP contribution in [0.4, 0.5) is 4.39 Å². The minimum Gasteiger partial charge on any atom is -0.478 e. The van der Waals surface area contributed by atoms with Crippen LogP contribution in [0.5, 0.6) is 0 Å². The van der Waals surface area contributed by atoms with E-state index in [0.717, 1.165) is 0 Å². The lowest BCUT2D eigenvalue weighted by molar-refractivity contribution is 0.0691. The Morgan fingerprint density at radius 2 is 2.21 bits per heavy atom. The molecule has 0 amide bonds. The molecule has 5 nitrogen and oxygen atoms in total. The number of halogens is 1. The number of benzene rings is 1. The molecule has 1 heterocycles. The number of hydrogen-bond acceptors (Lipinski definition) is 3. The van der Waals surface area contributed by atoms with E-state index in [1.54, 1.807) is 6.92 Å². The van der Waals surface area contributed by atoms with E-state index >= 15 is 0 Å². The van der Waals surface area contributed by atoms with Crippen LogP contribution >= 0.6 is 0 Å². The zero-order valence-electron chi connectivity index (χ0n) is 10.1. The molecular weight excluding hydrogens is 251 g/mol. The number of carboxylic acids is 1. The van der Waals surface area contributed by atoms with Gasteiger partial charge in [0.15, 0.2) is 0 Å². The number of aryl methyl sites for hydroxylation is 1. The highest BCUT2D eigenvalue weighted by Gasteiger charge is 2.14. The molecule has 0 unspecified atom stereocenters. The Morgan fingerprint density at radius 1 is 1.47 bits per heavy atom. The van der Waals surface area contributed by atoms with Gasteiger partial charge in [-0.1, -0.05) is 12.1 Å². The fourth-order valence-corrected chi connectivity index (χ4v) is 1.69. The van der Waals surface area contributed by atoms with Crippen LogP contribution in [0.1, 0.15) is 21.6 Å². The first-order valence-electron chi connectivity index (χ1n) is 5.53. The number of nitrogens with zero attached hydrogens (tertiary/aromatic N) is 2. The maximum Gasteiger partial charge on any atom is 0.338 e. The standard InChI is InChI=1S/C13H11FN2O3/c1-8-5-11(17)16(7-15-8)6-9-3-2-4-10(12(9)14)13(18)19/h2-5,7H,6H2,1H3,(H,18,19). The average molecular weight is 262 g/mol. The summed E-state index contributed by atoms with van der Waals surface area (Å²) >= 11 is 0. The topological polar surface area (TPSA) is 72.2 Å². The van der Waals surface area contributed by atoms with Gasteiger partial charge in [0.05, 0.1) is 18.4 Å². The van der Waals surface area contributed by atoms with E-state index in [0.29, 0.717) is 5.69 Å². The molecule has 6 heteroatoms. The van der Waals surface area contributed by atoms with Crippen LogP contribution in [0, 0.1) is 12.7 Å². The number of aromatic nitrogens is 2. The molecule has 1 aromatic heterocycles. The van der Waals surface area contributed by atoms with Crippen molar-refractivity contribution < 1.29 is 14.3 Å². The summed E-state index contributed by atoms with van der Waals surface area (Å²) in [5, 5.41) is 8.83. The van der Waals surface area contributed by atoms with Gasteiger partial charge in [-0.2, -0.15) is 0 Å². The lowest BCUT2D eigenvalue weighted by Crippen LogP contribution is -2.21. The van der Waals surface area contributed by atoms with Gasteiger partial charge in [-0.25, -0.2) is 14.2 Å². The fraction of sp³-hybridized carbons (Fsp3) is 0.154. The number of carboxylic acid groups (broad SMARTS) is 1. The molecule has 0 spiro atoms. The van der Waals surface area contributed by atoms with Crippen LogP contribution in [0.15, 0.2) is 35.4 Å². The first kappa shape index (κ1) is 12.9. The molecule has 98 valence electrons.